The van der Waals surface area contributed by atoms with Crippen LogP contribution < -0.4 is 10.1 Å². The van der Waals surface area contributed by atoms with Gasteiger partial charge in [0.25, 0.3) is 5.91 Å². The van der Waals surface area contributed by atoms with Gasteiger partial charge in [0.05, 0.1) is 26.2 Å². The predicted octanol–water partition coefficient (Wildman–Crippen LogP) is 1.56. The van der Waals surface area contributed by atoms with Crippen LogP contribution in [0, 0.1) is 0 Å². The van der Waals surface area contributed by atoms with E-state index < -0.39 is 23.2 Å². The third-order valence-electron chi connectivity index (χ3n) is 6.07. The molecular weight excluding hydrogens is 430 g/mol. The molecule has 168 valence electrons. The van der Waals surface area contributed by atoms with E-state index in [9.17, 15) is 19.2 Å². The van der Waals surface area contributed by atoms with Crippen molar-refractivity contribution in [3.8, 4) is 5.75 Å². The SMILES string of the molecule is COC(=O)c1cnc2cc([C@]3(CN4Cc5ccc(OC)cc5C4=O)CC(=O)NC3=O)oc2c1. The number of pyridine rings is 1. The number of hydrogen-bond acceptors (Lipinski definition) is 8. The van der Waals surface area contributed by atoms with Gasteiger partial charge < -0.3 is 18.8 Å². The van der Waals surface area contributed by atoms with E-state index in [0.29, 0.717) is 16.8 Å². The van der Waals surface area contributed by atoms with Crippen molar-refractivity contribution in [2.75, 3.05) is 20.8 Å². The summed E-state index contributed by atoms with van der Waals surface area (Å²) in [5.74, 6) is -1.12. The van der Waals surface area contributed by atoms with Gasteiger partial charge in [-0.15, -0.1) is 0 Å². The number of hydrogen-bond donors (Lipinski definition) is 1. The summed E-state index contributed by atoms with van der Waals surface area (Å²) in [6, 6.07) is 8.25. The highest BCUT2D eigenvalue weighted by atomic mass is 16.5. The molecule has 0 aliphatic carbocycles. The number of rotatable bonds is 5. The topological polar surface area (TPSA) is 128 Å². The monoisotopic (exact) mass is 449 g/mol. The number of fused-ring (bicyclic) bond motifs is 2. The Morgan fingerprint density at radius 3 is 2.73 bits per heavy atom. The number of imide groups is 1. The predicted molar refractivity (Wildman–Crippen MR) is 113 cm³/mol. The Kier molecular flexibility index (Phi) is 4.66. The minimum absolute atomic E-state index is 0.0654. The van der Waals surface area contributed by atoms with Gasteiger partial charge in [-0.3, -0.25) is 24.7 Å². The number of ether oxygens (including phenoxy) is 2. The molecule has 3 aromatic rings. The number of nitrogens with zero attached hydrogens (tertiary/aromatic N) is 2. The van der Waals surface area contributed by atoms with E-state index in [1.54, 1.807) is 24.3 Å². The molecule has 0 radical (unpaired) electrons. The second-order valence-corrected chi connectivity index (χ2v) is 8.03. The highest BCUT2D eigenvalue weighted by molar-refractivity contribution is 6.10. The fraction of sp³-hybridized carbons (Fsp3) is 0.261. The largest absolute Gasteiger partial charge is 0.497 e. The lowest BCUT2D eigenvalue weighted by Gasteiger charge is -2.28. The molecule has 10 heteroatoms. The maximum absolute atomic E-state index is 13.1. The summed E-state index contributed by atoms with van der Waals surface area (Å²) in [7, 11) is 2.77. The third-order valence-corrected chi connectivity index (χ3v) is 6.07. The van der Waals surface area contributed by atoms with Crippen LogP contribution in [0.4, 0.5) is 0 Å². The molecule has 2 aliphatic heterocycles. The molecule has 1 aromatic carbocycles. The molecule has 0 unspecified atom stereocenters. The summed E-state index contributed by atoms with van der Waals surface area (Å²) >= 11 is 0. The molecule has 0 spiro atoms. The maximum Gasteiger partial charge on any atom is 0.339 e. The summed E-state index contributed by atoms with van der Waals surface area (Å²) in [6.07, 6.45) is 1.16. The lowest BCUT2D eigenvalue weighted by atomic mass is 9.82. The van der Waals surface area contributed by atoms with E-state index >= 15 is 0 Å². The molecule has 1 atom stereocenters. The summed E-state index contributed by atoms with van der Waals surface area (Å²) < 4.78 is 15.8. The van der Waals surface area contributed by atoms with Crippen molar-refractivity contribution in [2.45, 2.75) is 18.4 Å². The van der Waals surface area contributed by atoms with E-state index in [4.69, 9.17) is 13.9 Å². The Balaban J connectivity index is 1.54. The summed E-state index contributed by atoms with van der Waals surface area (Å²) in [4.78, 5) is 55.9. The normalized spacial score (nSPS) is 19.7. The van der Waals surface area contributed by atoms with Gasteiger partial charge in [0.2, 0.25) is 11.8 Å². The number of methoxy groups -OCH3 is 2. The molecule has 33 heavy (non-hydrogen) atoms. The van der Waals surface area contributed by atoms with Gasteiger partial charge in [-0.2, -0.15) is 0 Å². The number of furan rings is 1. The van der Waals surface area contributed by atoms with E-state index in [0.717, 1.165) is 5.56 Å². The van der Waals surface area contributed by atoms with Gasteiger partial charge in [0.15, 0.2) is 5.58 Å². The van der Waals surface area contributed by atoms with Crippen LogP contribution in [0.15, 0.2) is 40.9 Å². The minimum Gasteiger partial charge on any atom is -0.497 e. The fourth-order valence-electron chi connectivity index (χ4n) is 4.35. The van der Waals surface area contributed by atoms with Crippen LogP contribution in [0.3, 0.4) is 0 Å². The van der Waals surface area contributed by atoms with Crippen LogP contribution >= 0.6 is 0 Å². The molecule has 1 saturated heterocycles. The first kappa shape index (κ1) is 20.7. The van der Waals surface area contributed by atoms with Crippen LogP contribution in [-0.2, 0) is 26.3 Å². The molecular formula is C23H19N3O7. The first-order valence-corrected chi connectivity index (χ1v) is 10.1. The highest BCUT2D eigenvalue weighted by Crippen LogP contribution is 2.39. The Morgan fingerprint density at radius 1 is 1.21 bits per heavy atom. The van der Waals surface area contributed by atoms with Gasteiger partial charge in [0.1, 0.15) is 22.4 Å². The van der Waals surface area contributed by atoms with Crippen molar-refractivity contribution in [3.05, 3.63) is 59.0 Å². The van der Waals surface area contributed by atoms with Gasteiger partial charge in [-0.1, -0.05) is 6.07 Å². The van der Waals surface area contributed by atoms with Crippen molar-refractivity contribution in [3.63, 3.8) is 0 Å². The fourth-order valence-corrected chi connectivity index (χ4v) is 4.35. The van der Waals surface area contributed by atoms with Gasteiger partial charge >= 0.3 is 5.97 Å². The number of nitrogens with one attached hydrogen (secondary N) is 1. The van der Waals surface area contributed by atoms with Gasteiger partial charge in [-0.25, -0.2) is 4.79 Å². The molecule has 1 N–H and O–H groups in total. The number of benzene rings is 1. The van der Waals surface area contributed by atoms with Crippen molar-refractivity contribution in [1.29, 1.82) is 0 Å². The standard InChI is InChI=1S/C23H19N3O7/c1-31-14-4-3-12-10-26(20(28)15(12)6-14)11-23(8-19(27)25-22(23)30)18-7-16-17(33-18)5-13(9-24-16)21(29)32-2/h3-7,9H,8,10-11H2,1-2H3,(H,25,27,30)/t23-/m1/s1. The van der Waals surface area contributed by atoms with Crippen LogP contribution in [-0.4, -0.2) is 54.3 Å². The van der Waals surface area contributed by atoms with Crippen molar-refractivity contribution < 1.29 is 33.1 Å². The molecule has 0 bridgehead atoms. The third kappa shape index (κ3) is 3.22. The zero-order chi connectivity index (χ0) is 23.3. The van der Waals surface area contributed by atoms with Crippen molar-refractivity contribution in [1.82, 2.24) is 15.2 Å². The first-order valence-electron chi connectivity index (χ1n) is 10.1. The van der Waals surface area contributed by atoms with Crippen LogP contribution in [0.2, 0.25) is 0 Å². The van der Waals surface area contributed by atoms with Gasteiger partial charge in [0, 0.05) is 30.9 Å². The lowest BCUT2D eigenvalue weighted by Crippen LogP contribution is -2.46. The number of carbonyl (C=O) groups is 4. The Morgan fingerprint density at radius 2 is 2.03 bits per heavy atom. The number of esters is 1. The number of amides is 3. The summed E-state index contributed by atoms with van der Waals surface area (Å²) in [5.41, 5.74) is 0.722. The second kappa shape index (κ2) is 7.44. The number of carbonyl (C=O) groups excluding carboxylic acids is 4. The van der Waals surface area contributed by atoms with Crippen LogP contribution in [0.25, 0.3) is 11.1 Å². The maximum atomic E-state index is 13.1. The van der Waals surface area contributed by atoms with E-state index in [2.05, 4.69) is 10.3 Å². The molecule has 4 heterocycles. The zero-order valence-electron chi connectivity index (χ0n) is 17.8. The first-order chi connectivity index (χ1) is 15.8. The quantitative estimate of drug-likeness (QED) is 0.459. The summed E-state index contributed by atoms with van der Waals surface area (Å²) in [6.45, 7) is 0.219. The van der Waals surface area contributed by atoms with Crippen LogP contribution in [0.1, 0.15) is 38.5 Å². The van der Waals surface area contributed by atoms with E-state index in [-0.39, 0.29) is 42.3 Å². The summed E-state index contributed by atoms with van der Waals surface area (Å²) in [5, 5.41) is 2.33. The smallest absolute Gasteiger partial charge is 0.339 e. The Bertz CT molecular complexity index is 1350. The zero-order valence-corrected chi connectivity index (χ0v) is 17.8. The Hall–Kier alpha value is -4.21. The van der Waals surface area contributed by atoms with E-state index in [1.165, 1.54) is 31.4 Å². The molecule has 3 amide bonds. The van der Waals surface area contributed by atoms with Gasteiger partial charge in [-0.05, 0) is 23.8 Å². The van der Waals surface area contributed by atoms with Crippen molar-refractivity contribution >= 4 is 34.8 Å². The highest BCUT2D eigenvalue weighted by Gasteiger charge is 2.53. The Labute approximate surface area is 187 Å². The second-order valence-electron chi connectivity index (χ2n) is 8.03. The average molecular weight is 449 g/mol. The molecule has 2 aliphatic rings. The molecule has 10 nitrogen and oxygen atoms in total. The van der Waals surface area contributed by atoms with Crippen LogP contribution in [0.5, 0.6) is 5.75 Å². The minimum atomic E-state index is -1.43. The average Bonchev–Trinajstić information content (AvgIpc) is 3.46. The molecule has 1 fully saturated rings. The molecule has 5 rings (SSSR count). The molecule has 0 saturated carbocycles. The van der Waals surface area contributed by atoms with E-state index in [1.807, 2.05) is 0 Å². The lowest BCUT2D eigenvalue weighted by molar-refractivity contribution is -0.127. The van der Waals surface area contributed by atoms with Crippen molar-refractivity contribution in [2.24, 2.45) is 0 Å². The molecule has 2 aromatic heterocycles. The number of aromatic nitrogens is 1.